The number of fused-ring (bicyclic) bond motifs is 1. The highest BCUT2D eigenvalue weighted by atomic mass is 16.6. The van der Waals surface area contributed by atoms with Crippen LogP contribution in [0.25, 0.3) is 10.9 Å². The fraction of sp³-hybridized carbons (Fsp3) is 0.583. The van der Waals surface area contributed by atoms with Crippen LogP contribution in [0.4, 0.5) is 5.69 Å². The molecule has 1 heterocycles. The van der Waals surface area contributed by atoms with E-state index in [1.54, 1.807) is 4.57 Å². The van der Waals surface area contributed by atoms with Crippen molar-refractivity contribution in [2.45, 2.75) is 78.7 Å². The zero-order valence-electron chi connectivity index (χ0n) is 18.9. The van der Waals surface area contributed by atoms with Gasteiger partial charge in [-0.25, -0.2) is 0 Å². The molecule has 0 aliphatic rings. The number of anilines is 1. The van der Waals surface area contributed by atoms with Gasteiger partial charge in [0.1, 0.15) is 0 Å². The Kier molecular flexibility index (Phi) is 9.71. The third kappa shape index (κ3) is 6.25. The van der Waals surface area contributed by atoms with Gasteiger partial charge in [-0.05, 0) is 31.0 Å². The molecule has 0 aliphatic carbocycles. The van der Waals surface area contributed by atoms with Crippen molar-refractivity contribution in [1.29, 1.82) is 0 Å². The van der Waals surface area contributed by atoms with Crippen LogP contribution in [0, 0.1) is 0 Å². The van der Waals surface area contributed by atoms with Gasteiger partial charge in [-0.15, -0.1) is 0 Å². The van der Waals surface area contributed by atoms with Gasteiger partial charge in [-0.1, -0.05) is 52.4 Å². The van der Waals surface area contributed by atoms with Crippen molar-refractivity contribution in [2.75, 3.05) is 19.0 Å². The van der Waals surface area contributed by atoms with Gasteiger partial charge >= 0.3 is 5.97 Å². The number of unbranched alkanes of at least 4 members (excludes halogenated alkanes) is 6. The maximum absolute atomic E-state index is 13.1. The molecule has 0 aliphatic heterocycles. The molecule has 0 spiro atoms. The van der Waals surface area contributed by atoms with Crippen LogP contribution in [0.3, 0.4) is 0 Å². The van der Waals surface area contributed by atoms with Gasteiger partial charge in [0.2, 0.25) is 5.75 Å². The fourth-order valence-electron chi connectivity index (χ4n) is 3.62. The summed E-state index contributed by atoms with van der Waals surface area (Å²) in [6.45, 7) is 7.06. The molecule has 0 saturated heterocycles. The van der Waals surface area contributed by atoms with Gasteiger partial charge in [-0.2, -0.15) is 0 Å². The van der Waals surface area contributed by atoms with Crippen molar-refractivity contribution in [3.63, 3.8) is 0 Å². The van der Waals surface area contributed by atoms with Crippen LogP contribution in [-0.4, -0.2) is 24.2 Å². The summed E-state index contributed by atoms with van der Waals surface area (Å²) in [6.07, 6.45) is 9.32. The molecule has 1 N–H and O–H groups in total. The van der Waals surface area contributed by atoms with Crippen LogP contribution in [-0.2, 0) is 11.3 Å². The number of esters is 1. The summed E-state index contributed by atoms with van der Waals surface area (Å²) in [5, 5.41) is 4.23. The van der Waals surface area contributed by atoms with Gasteiger partial charge in [0.05, 0.1) is 12.6 Å². The maximum atomic E-state index is 13.1. The van der Waals surface area contributed by atoms with Gasteiger partial charge < -0.3 is 19.4 Å². The summed E-state index contributed by atoms with van der Waals surface area (Å²) in [6, 6.07) is 5.89. The minimum atomic E-state index is -0.538. The topological polar surface area (TPSA) is 69.6 Å². The molecule has 0 bridgehead atoms. The minimum Gasteiger partial charge on any atom is -0.492 e. The molecule has 0 fully saturated rings. The highest BCUT2D eigenvalue weighted by Gasteiger charge is 2.20. The van der Waals surface area contributed by atoms with Crippen molar-refractivity contribution in [3.05, 3.63) is 28.6 Å². The van der Waals surface area contributed by atoms with E-state index in [0.29, 0.717) is 12.3 Å². The molecule has 2 aromatic rings. The van der Waals surface area contributed by atoms with E-state index in [2.05, 4.69) is 19.2 Å². The minimum absolute atomic E-state index is 0.0404. The van der Waals surface area contributed by atoms with Crippen LogP contribution in [0.1, 0.15) is 72.1 Å². The third-order valence-electron chi connectivity index (χ3n) is 5.22. The smallest absolute Gasteiger partial charge is 0.308 e. The number of hydrogen-bond acceptors (Lipinski definition) is 5. The van der Waals surface area contributed by atoms with Crippen molar-refractivity contribution >= 4 is 22.6 Å². The van der Waals surface area contributed by atoms with Crippen LogP contribution in [0.15, 0.2) is 23.0 Å². The molecule has 2 rings (SSSR count). The molecule has 0 amide bonds. The molecule has 6 nitrogen and oxygen atoms in total. The Bertz CT molecular complexity index is 889. The molecule has 0 radical (unpaired) electrons. The van der Waals surface area contributed by atoms with E-state index in [9.17, 15) is 9.59 Å². The number of pyridine rings is 1. The number of rotatable bonds is 13. The third-order valence-corrected chi connectivity index (χ3v) is 5.22. The Balaban J connectivity index is 2.31. The molecule has 0 saturated carbocycles. The first-order valence-corrected chi connectivity index (χ1v) is 11.2. The van der Waals surface area contributed by atoms with E-state index >= 15 is 0 Å². The van der Waals surface area contributed by atoms with E-state index < -0.39 is 5.97 Å². The Labute approximate surface area is 179 Å². The highest BCUT2D eigenvalue weighted by Crippen LogP contribution is 2.34. The lowest BCUT2D eigenvalue weighted by molar-refractivity contribution is -0.132. The fourth-order valence-corrected chi connectivity index (χ4v) is 3.62. The SMILES string of the molecule is CCCCCCCCNc1ccc2c(OC)c(OC(C)=O)c(=O)n(CCCC)c2c1. The number of aromatic nitrogens is 1. The first kappa shape index (κ1) is 23.8. The molecule has 0 unspecified atom stereocenters. The lowest BCUT2D eigenvalue weighted by atomic mass is 10.1. The first-order valence-electron chi connectivity index (χ1n) is 11.2. The van der Waals surface area contributed by atoms with Crippen molar-refractivity contribution < 1.29 is 14.3 Å². The van der Waals surface area contributed by atoms with Crippen LogP contribution in [0.5, 0.6) is 11.5 Å². The predicted molar refractivity (Wildman–Crippen MR) is 123 cm³/mol. The Morgan fingerprint density at radius 2 is 1.70 bits per heavy atom. The normalized spacial score (nSPS) is 10.9. The monoisotopic (exact) mass is 416 g/mol. The zero-order chi connectivity index (χ0) is 21.9. The summed E-state index contributed by atoms with van der Waals surface area (Å²) in [7, 11) is 1.49. The number of methoxy groups -OCH3 is 1. The lowest BCUT2D eigenvalue weighted by Gasteiger charge is -2.17. The number of nitrogens with zero attached hydrogens (tertiary/aromatic N) is 1. The second-order valence-corrected chi connectivity index (χ2v) is 7.69. The average molecular weight is 417 g/mol. The molecule has 1 aromatic carbocycles. The second-order valence-electron chi connectivity index (χ2n) is 7.69. The van der Waals surface area contributed by atoms with E-state index in [4.69, 9.17) is 9.47 Å². The van der Waals surface area contributed by atoms with E-state index in [-0.39, 0.29) is 11.3 Å². The number of ether oxygens (including phenoxy) is 2. The summed E-state index contributed by atoms with van der Waals surface area (Å²) in [5.74, 6) is -0.272. The van der Waals surface area contributed by atoms with Crippen LogP contribution < -0.4 is 20.3 Å². The predicted octanol–water partition coefficient (Wildman–Crippen LogP) is 5.51. The molecule has 6 heteroatoms. The summed E-state index contributed by atoms with van der Waals surface area (Å²) < 4.78 is 12.4. The number of aryl methyl sites for hydroxylation is 1. The lowest BCUT2D eigenvalue weighted by Crippen LogP contribution is -2.24. The van der Waals surface area contributed by atoms with Gasteiger partial charge in [0.25, 0.3) is 5.56 Å². The summed E-state index contributed by atoms with van der Waals surface area (Å²) >= 11 is 0. The van der Waals surface area contributed by atoms with Crippen LogP contribution in [0.2, 0.25) is 0 Å². The number of hydrogen-bond donors (Lipinski definition) is 1. The van der Waals surface area contributed by atoms with E-state index in [1.807, 2.05) is 18.2 Å². The average Bonchev–Trinajstić information content (AvgIpc) is 2.73. The van der Waals surface area contributed by atoms with Crippen molar-refractivity contribution in [1.82, 2.24) is 4.57 Å². The molecular formula is C24H36N2O4. The van der Waals surface area contributed by atoms with Gasteiger partial charge in [0.15, 0.2) is 5.75 Å². The van der Waals surface area contributed by atoms with Crippen molar-refractivity contribution in [3.8, 4) is 11.5 Å². The van der Waals surface area contributed by atoms with E-state index in [1.165, 1.54) is 46.1 Å². The standard InChI is InChI=1S/C24H36N2O4/c1-5-7-9-10-11-12-15-25-19-13-14-20-21(17-19)26(16-8-6-2)24(28)23(22(20)29-4)30-18(3)27/h13-14,17,25H,5-12,15-16H2,1-4H3. The number of benzene rings is 1. The summed E-state index contributed by atoms with van der Waals surface area (Å²) in [5.41, 5.74) is 1.42. The quantitative estimate of drug-likeness (QED) is 0.344. The highest BCUT2D eigenvalue weighted by molar-refractivity contribution is 5.91. The first-order chi connectivity index (χ1) is 14.5. The number of nitrogens with one attached hydrogen (secondary N) is 1. The second kappa shape index (κ2) is 12.3. The van der Waals surface area contributed by atoms with E-state index in [0.717, 1.165) is 42.4 Å². The zero-order valence-corrected chi connectivity index (χ0v) is 18.9. The van der Waals surface area contributed by atoms with Crippen LogP contribution >= 0.6 is 0 Å². The van der Waals surface area contributed by atoms with Gasteiger partial charge in [-0.3, -0.25) is 9.59 Å². The molecular weight excluding hydrogens is 380 g/mol. The molecule has 166 valence electrons. The summed E-state index contributed by atoms with van der Waals surface area (Å²) in [4.78, 5) is 24.6. The Hall–Kier alpha value is -2.50. The molecule has 30 heavy (non-hydrogen) atoms. The Morgan fingerprint density at radius 3 is 2.37 bits per heavy atom. The maximum Gasteiger partial charge on any atom is 0.308 e. The van der Waals surface area contributed by atoms with Gasteiger partial charge in [0, 0.05) is 31.1 Å². The number of carbonyl (C=O) groups excluding carboxylic acids is 1. The molecule has 1 aromatic heterocycles. The molecule has 0 atom stereocenters. The largest absolute Gasteiger partial charge is 0.492 e. The number of carbonyl (C=O) groups is 1. The van der Waals surface area contributed by atoms with Crippen molar-refractivity contribution in [2.24, 2.45) is 0 Å². The Morgan fingerprint density at radius 1 is 1.00 bits per heavy atom.